The van der Waals surface area contributed by atoms with E-state index < -0.39 is 6.10 Å². The van der Waals surface area contributed by atoms with Crippen LogP contribution in [0.15, 0.2) is 30.5 Å². The Morgan fingerprint density at radius 2 is 2.00 bits per heavy atom. The predicted octanol–water partition coefficient (Wildman–Crippen LogP) is 2.62. The Kier molecular flexibility index (Phi) is 5.27. The van der Waals surface area contributed by atoms with Crippen molar-refractivity contribution in [2.75, 3.05) is 19.7 Å². The minimum atomic E-state index is -0.566. The Balaban J connectivity index is 1.31. The molecule has 0 aliphatic carbocycles. The molecule has 1 atom stereocenters. The second-order valence-corrected chi connectivity index (χ2v) is 7.21. The van der Waals surface area contributed by atoms with Crippen molar-refractivity contribution in [3.05, 3.63) is 36.2 Å². The first kappa shape index (κ1) is 17.8. The van der Waals surface area contributed by atoms with E-state index in [1.807, 2.05) is 33.8 Å². The van der Waals surface area contributed by atoms with Gasteiger partial charge in [-0.25, -0.2) is 4.68 Å². The van der Waals surface area contributed by atoms with Crippen molar-refractivity contribution >= 4 is 5.91 Å². The fourth-order valence-electron chi connectivity index (χ4n) is 3.66. The largest absolute Gasteiger partial charge is 0.485 e. The lowest BCUT2D eigenvalue weighted by Crippen LogP contribution is -2.49. The number of aryl methyl sites for hydroxylation is 1. The van der Waals surface area contributed by atoms with Gasteiger partial charge in [-0.2, -0.15) is 0 Å². The molecule has 7 heteroatoms. The third-order valence-electron chi connectivity index (χ3n) is 5.28. The first-order valence-corrected chi connectivity index (χ1v) is 9.82. The van der Waals surface area contributed by atoms with Crippen LogP contribution in [0.5, 0.6) is 11.5 Å². The zero-order valence-electron chi connectivity index (χ0n) is 15.7. The number of likely N-dealkylation sites (tertiary alicyclic amines) is 1. The summed E-state index contributed by atoms with van der Waals surface area (Å²) in [6, 6.07) is 7.78. The topological polar surface area (TPSA) is 69.5 Å². The number of fused-ring (bicyclic) bond motifs is 1. The summed E-state index contributed by atoms with van der Waals surface area (Å²) in [5.74, 6) is 1.34. The summed E-state index contributed by atoms with van der Waals surface area (Å²) in [6.45, 7) is 3.85. The molecule has 0 radical (unpaired) electrons. The number of hydrogen-bond acceptors (Lipinski definition) is 5. The molecule has 2 aliphatic rings. The number of rotatable bonds is 5. The quantitative estimate of drug-likeness (QED) is 0.809. The summed E-state index contributed by atoms with van der Waals surface area (Å²) < 4.78 is 13.5. The smallest absolute Gasteiger partial charge is 0.267 e. The number of carbonyl (C=O) groups is 1. The molecule has 0 N–H and O–H groups in total. The van der Waals surface area contributed by atoms with E-state index in [9.17, 15) is 4.79 Å². The standard InChI is InChI=1S/C20H26N4O3/c1-2-3-6-15-13-24(22-21-15)16-9-11-23(12-10-16)20(25)19-14-26-17-7-4-5-8-18(17)27-19/h4-5,7-8,13,16,19H,2-3,6,9-12,14H2,1H3. The Morgan fingerprint density at radius 1 is 1.22 bits per heavy atom. The van der Waals surface area contributed by atoms with E-state index in [2.05, 4.69) is 23.4 Å². The summed E-state index contributed by atoms with van der Waals surface area (Å²) in [5, 5.41) is 8.57. The molecule has 2 aliphatic heterocycles. The van der Waals surface area contributed by atoms with Crippen LogP contribution in [0.25, 0.3) is 0 Å². The van der Waals surface area contributed by atoms with E-state index in [0.29, 0.717) is 30.6 Å². The third kappa shape index (κ3) is 3.91. The Morgan fingerprint density at radius 3 is 2.78 bits per heavy atom. The maximum atomic E-state index is 12.8. The van der Waals surface area contributed by atoms with Crippen LogP contribution in [0.2, 0.25) is 0 Å². The number of para-hydroxylation sites is 2. The highest BCUT2D eigenvalue weighted by molar-refractivity contribution is 5.82. The lowest BCUT2D eigenvalue weighted by molar-refractivity contribution is -0.142. The number of unbranched alkanes of at least 4 members (excludes halogenated alkanes) is 1. The zero-order valence-corrected chi connectivity index (χ0v) is 15.7. The summed E-state index contributed by atoms with van der Waals surface area (Å²) in [7, 11) is 0. The number of aromatic nitrogens is 3. The molecule has 1 saturated heterocycles. The van der Waals surface area contributed by atoms with Crippen LogP contribution in [0.3, 0.4) is 0 Å². The Labute approximate surface area is 159 Å². The Bertz CT molecular complexity index is 783. The second-order valence-electron chi connectivity index (χ2n) is 7.21. The van der Waals surface area contributed by atoms with Gasteiger partial charge in [-0.15, -0.1) is 5.10 Å². The summed E-state index contributed by atoms with van der Waals surface area (Å²) in [4.78, 5) is 14.7. The van der Waals surface area contributed by atoms with E-state index in [1.165, 1.54) is 0 Å². The van der Waals surface area contributed by atoms with E-state index in [0.717, 1.165) is 37.8 Å². The van der Waals surface area contributed by atoms with Crippen LogP contribution in [-0.4, -0.2) is 51.6 Å². The van der Waals surface area contributed by atoms with Gasteiger partial charge in [0.1, 0.15) is 6.61 Å². The maximum absolute atomic E-state index is 12.8. The highest BCUT2D eigenvalue weighted by Crippen LogP contribution is 2.32. The van der Waals surface area contributed by atoms with Crippen molar-refractivity contribution in [3.8, 4) is 11.5 Å². The van der Waals surface area contributed by atoms with E-state index in [1.54, 1.807) is 0 Å². The van der Waals surface area contributed by atoms with Gasteiger partial charge in [0, 0.05) is 19.3 Å². The molecular weight excluding hydrogens is 344 g/mol. The molecular formula is C20H26N4O3. The van der Waals surface area contributed by atoms with Crippen molar-refractivity contribution in [2.24, 2.45) is 0 Å². The number of benzene rings is 1. The molecule has 27 heavy (non-hydrogen) atoms. The number of nitrogens with zero attached hydrogens (tertiary/aromatic N) is 4. The molecule has 1 unspecified atom stereocenters. The van der Waals surface area contributed by atoms with Gasteiger partial charge in [-0.05, 0) is 37.8 Å². The number of hydrogen-bond donors (Lipinski definition) is 0. The van der Waals surface area contributed by atoms with Gasteiger partial charge in [-0.1, -0.05) is 30.7 Å². The van der Waals surface area contributed by atoms with Gasteiger partial charge in [-0.3, -0.25) is 4.79 Å². The first-order chi connectivity index (χ1) is 13.2. The van der Waals surface area contributed by atoms with Crippen LogP contribution in [0.1, 0.15) is 44.3 Å². The Hall–Kier alpha value is -2.57. The second kappa shape index (κ2) is 7.98. The lowest BCUT2D eigenvalue weighted by Gasteiger charge is -2.35. The van der Waals surface area contributed by atoms with Gasteiger partial charge in [0.2, 0.25) is 6.10 Å². The molecule has 144 valence electrons. The molecule has 7 nitrogen and oxygen atoms in total. The van der Waals surface area contributed by atoms with Crippen LogP contribution in [0.4, 0.5) is 0 Å². The van der Waals surface area contributed by atoms with Crippen LogP contribution in [-0.2, 0) is 11.2 Å². The van der Waals surface area contributed by atoms with Crippen LogP contribution in [0, 0.1) is 0 Å². The van der Waals surface area contributed by atoms with E-state index in [-0.39, 0.29) is 12.5 Å². The first-order valence-electron chi connectivity index (χ1n) is 9.82. The summed E-state index contributed by atoms with van der Waals surface area (Å²) in [6.07, 6.45) is 6.53. The molecule has 4 rings (SSSR count). The van der Waals surface area contributed by atoms with Crippen LogP contribution >= 0.6 is 0 Å². The fraction of sp³-hybridized carbons (Fsp3) is 0.550. The highest BCUT2D eigenvalue weighted by Gasteiger charge is 2.33. The van der Waals surface area contributed by atoms with Gasteiger partial charge < -0.3 is 14.4 Å². The molecule has 0 spiro atoms. The monoisotopic (exact) mass is 370 g/mol. The van der Waals surface area contributed by atoms with Crippen molar-refractivity contribution in [1.82, 2.24) is 19.9 Å². The third-order valence-corrected chi connectivity index (χ3v) is 5.28. The molecule has 3 heterocycles. The van der Waals surface area contributed by atoms with Crippen molar-refractivity contribution in [3.63, 3.8) is 0 Å². The van der Waals surface area contributed by atoms with Gasteiger partial charge >= 0.3 is 0 Å². The predicted molar refractivity (Wildman–Crippen MR) is 99.8 cm³/mol. The average Bonchev–Trinajstić information content (AvgIpc) is 3.20. The summed E-state index contributed by atoms with van der Waals surface area (Å²) >= 11 is 0. The van der Waals surface area contributed by atoms with Crippen molar-refractivity contribution in [2.45, 2.75) is 51.2 Å². The number of ether oxygens (including phenoxy) is 2. The van der Waals surface area contributed by atoms with Gasteiger partial charge in [0.25, 0.3) is 5.91 Å². The molecule has 1 amide bonds. The molecule has 1 aromatic heterocycles. The number of carbonyl (C=O) groups excluding carboxylic acids is 1. The minimum Gasteiger partial charge on any atom is -0.485 e. The molecule has 1 aromatic carbocycles. The minimum absolute atomic E-state index is 0.00479. The highest BCUT2D eigenvalue weighted by atomic mass is 16.6. The molecule has 2 aromatic rings. The van der Waals surface area contributed by atoms with Gasteiger partial charge in [0.15, 0.2) is 11.5 Å². The van der Waals surface area contributed by atoms with E-state index in [4.69, 9.17) is 9.47 Å². The van der Waals surface area contributed by atoms with Crippen molar-refractivity contribution in [1.29, 1.82) is 0 Å². The molecule has 0 saturated carbocycles. The number of amides is 1. The fourth-order valence-corrected chi connectivity index (χ4v) is 3.66. The number of piperidine rings is 1. The molecule has 1 fully saturated rings. The zero-order chi connectivity index (χ0) is 18.6. The maximum Gasteiger partial charge on any atom is 0.267 e. The van der Waals surface area contributed by atoms with Crippen LogP contribution < -0.4 is 9.47 Å². The average molecular weight is 370 g/mol. The summed E-state index contributed by atoms with van der Waals surface area (Å²) in [5.41, 5.74) is 1.06. The molecule has 0 bridgehead atoms. The van der Waals surface area contributed by atoms with E-state index >= 15 is 0 Å². The lowest BCUT2D eigenvalue weighted by atomic mass is 10.0. The SMILES string of the molecule is CCCCc1cn(C2CCN(C(=O)C3COc4ccccc4O3)CC2)nn1. The van der Waals surface area contributed by atoms with Gasteiger partial charge in [0.05, 0.1) is 11.7 Å². The van der Waals surface area contributed by atoms with Crippen molar-refractivity contribution < 1.29 is 14.3 Å². The normalized spacial score (nSPS) is 19.9.